The summed E-state index contributed by atoms with van der Waals surface area (Å²) in [4.78, 5) is 37.2. The molecule has 3 amide bonds. The van der Waals surface area contributed by atoms with Crippen LogP contribution in [0.25, 0.3) is 11.3 Å². The van der Waals surface area contributed by atoms with Gasteiger partial charge >= 0.3 is 0 Å². The lowest BCUT2D eigenvalue weighted by Crippen LogP contribution is -2.46. The fourth-order valence-electron chi connectivity index (χ4n) is 2.30. The summed E-state index contributed by atoms with van der Waals surface area (Å²) >= 11 is 0. The molecule has 9 nitrogen and oxygen atoms in total. The first-order valence-electron chi connectivity index (χ1n) is 8.03. The summed E-state index contributed by atoms with van der Waals surface area (Å²) in [6.45, 7) is -0.252. The van der Waals surface area contributed by atoms with Gasteiger partial charge in [-0.05, 0) is 18.2 Å². The Morgan fingerprint density at radius 1 is 1.11 bits per heavy atom. The molecule has 0 saturated heterocycles. The number of likely N-dealkylation sites (N-methyl/N-ethyl adjacent to an activating group) is 1. The second-order valence-electron chi connectivity index (χ2n) is 5.67. The summed E-state index contributed by atoms with van der Waals surface area (Å²) in [6, 6.07) is 14.0. The van der Waals surface area contributed by atoms with Crippen molar-refractivity contribution in [1.82, 2.24) is 25.9 Å². The summed E-state index contributed by atoms with van der Waals surface area (Å²) in [5.41, 5.74) is 6.17. The highest BCUT2D eigenvalue weighted by atomic mass is 16.3. The van der Waals surface area contributed by atoms with Crippen molar-refractivity contribution in [2.45, 2.75) is 0 Å². The van der Waals surface area contributed by atoms with E-state index in [2.05, 4.69) is 21.0 Å². The van der Waals surface area contributed by atoms with Gasteiger partial charge in [0.15, 0.2) is 5.76 Å². The van der Waals surface area contributed by atoms with E-state index in [9.17, 15) is 14.4 Å². The number of carbonyl (C=O) groups excluding carboxylic acids is 3. The van der Waals surface area contributed by atoms with Gasteiger partial charge in [-0.15, -0.1) is 0 Å². The monoisotopic (exact) mass is 367 g/mol. The number of hydrogen-bond acceptors (Lipinski definition) is 5. The van der Waals surface area contributed by atoms with Crippen molar-refractivity contribution in [2.24, 2.45) is 0 Å². The van der Waals surface area contributed by atoms with Gasteiger partial charge in [-0.2, -0.15) is 5.10 Å². The minimum Gasteiger partial charge on any atom is -0.459 e. The smallest absolute Gasteiger partial charge is 0.289 e. The van der Waals surface area contributed by atoms with Crippen LogP contribution in [0.15, 0.2) is 59.2 Å². The predicted octanol–water partition coefficient (Wildman–Crippen LogP) is 1.20. The Bertz CT molecular complexity index is 934. The summed E-state index contributed by atoms with van der Waals surface area (Å²) in [5, 5.41) is 6.69. The van der Waals surface area contributed by atoms with Crippen molar-refractivity contribution in [2.75, 3.05) is 13.6 Å². The van der Waals surface area contributed by atoms with Crippen LogP contribution in [0, 0.1) is 0 Å². The zero-order valence-electron chi connectivity index (χ0n) is 14.4. The molecule has 3 aromatic rings. The second-order valence-corrected chi connectivity index (χ2v) is 5.67. The highest BCUT2D eigenvalue weighted by Crippen LogP contribution is 2.16. The topological polar surface area (TPSA) is 120 Å². The van der Waals surface area contributed by atoms with Crippen molar-refractivity contribution >= 4 is 17.7 Å². The first-order valence-corrected chi connectivity index (χ1v) is 8.03. The van der Waals surface area contributed by atoms with E-state index < -0.39 is 17.7 Å². The van der Waals surface area contributed by atoms with Crippen LogP contribution in [0.4, 0.5) is 0 Å². The first-order chi connectivity index (χ1) is 13.0. The van der Waals surface area contributed by atoms with Gasteiger partial charge < -0.3 is 9.32 Å². The normalized spacial score (nSPS) is 10.3. The highest BCUT2D eigenvalue weighted by molar-refractivity contribution is 5.96. The van der Waals surface area contributed by atoms with E-state index in [-0.39, 0.29) is 18.0 Å². The number of carbonyl (C=O) groups is 3. The Kier molecular flexibility index (Phi) is 5.31. The van der Waals surface area contributed by atoms with Crippen LogP contribution < -0.4 is 10.9 Å². The number of aromatic nitrogens is 2. The Balaban J connectivity index is 1.51. The van der Waals surface area contributed by atoms with Crippen LogP contribution in [-0.4, -0.2) is 46.4 Å². The van der Waals surface area contributed by atoms with Gasteiger partial charge in [0.2, 0.25) is 0 Å². The third-order valence-corrected chi connectivity index (χ3v) is 3.67. The molecule has 0 atom stereocenters. The summed E-state index contributed by atoms with van der Waals surface area (Å²) in [5.74, 6) is -1.44. The summed E-state index contributed by atoms with van der Waals surface area (Å²) in [7, 11) is 1.45. The summed E-state index contributed by atoms with van der Waals surface area (Å²) < 4.78 is 4.99. The van der Waals surface area contributed by atoms with Crippen LogP contribution in [0.1, 0.15) is 21.0 Å². The Morgan fingerprint density at radius 3 is 2.59 bits per heavy atom. The van der Waals surface area contributed by atoms with Gasteiger partial charge in [0.25, 0.3) is 17.7 Å². The number of aromatic amines is 1. The van der Waals surface area contributed by atoms with E-state index in [0.717, 1.165) is 5.56 Å². The molecule has 0 spiro atoms. The van der Waals surface area contributed by atoms with E-state index in [1.54, 1.807) is 12.1 Å². The molecule has 0 aliphatic heterocycles. The zero-order valence-corrected chi connectivity index (χ0v) is 14.4. The molecule has 138 valence electrons. The maximum Gasteiger partial charge on any atom is 0.289 e. The average molecular weight is 367 g/mol. The number of hydrazine groups is 1. The van der Waals surface area contributed by atoms with E-state index >= 15 is 0 Å². The Morgan fingerprint density at radius 2 is 1.89 bits per heavy atom. The quantitative estimate of drug-likeness (QED) is 0.585. The zero-order chi connectivity index (χ0) is 19.2. The van der Waals surface area contributed by atoms with Crippen molar-refractivity contribution in [3.05, 3.63) is 66.2 Å². The lowest BCUT2D eigenvalue weighted by molar-refractivity contribution is -0.122. The third kappa shape index (κ3) is 4.40. The number of rotatable bonds is 5. The van der Waals surface area contributed by atoms with E-state index in [1.807, 2.05) is 30.3 Å². The van der Waals surface area contributed by atoms with Gasteiger partial charge in [0.1, 0.15) is 12.2 Å². The molecule has 2 aromatic heterocycles. The number of nitrogens with one attached hydrogen (secondary N) is 3. The molecule has 0 aliphatic carbocycles. The molecule has 1 aromatic carbocycles. The predicted molar refractivity (Wildman–Crippen MR) is 95.3 cm³/mol. The van der Waals surface area contributed by atoms with Crippen LogP contribution in [-0.2, 0) is 4.79 Å². The molecular weight excluding hydrogens is 350 g/mol. The molecule has 0 fully saturated rings. The third-order valence-electron chi connectivity index (χ3n) is 3.67. The SMILES string of the molecule is CN(CC(=O)NNC(=O)c1cc(-c2ccccc2)n[nH]1)C(=O)c1ccco1. The standard InChI is InChI=1S/C18H17N5O4/c1-23(18(26)15-8-5-9-27-15)11-16(24)21-22-17(25)14-10-13(19-20-14)12-6-3-2-4-7-12/h2-10H,11H2,1H3,(H,19,20)(H,21,24)(H,22,25). The van der Waals surface area contributed by atoms with Crippen LogP contribution in [0.2, 0.25) is 0 Å². The molecule has 2 heterocycles. The summed E-state index contributed by atoms with van der Waals surface area (Å²) in [6.07, 6.45) is 1.37. The molecule has 0 bridgehead atoms. The van der Waals surface area contributed by atoms with Gasteiger partial charge in [-0.3, -0.25) is 30.3 Å². The van der Waals surface area contributed by atoms with Crippen LogP contribution >= 0.6 is 0 Å². The number of H-pyrrole nitrogens is 1. The lowest BCUT2D eigenvalue weighted by atomic mass is 10.1. The van der Waals surface area contributed by atoms with E-state index in [1.165, 1.54) is 24.3 Å². The highest BCUT2D eigenvalue weighted by Gasteiger charge is 2.18. The van der Waals surface area contributed by atoms with Crippen molar-refractivity contribution in [1.29, 1.82) is 0 Å². The second kappa shape index (κ2) is 8.00. The van der Waals surface area contributed by atoms with Crippen molar-refractivity contribution in [3.8, 4) is 11.3 Å². The van der Waals surface area contributed by atoms with E-state index in [0.29, 0.717) is 5.69 Å². The van der Waals surface area contributed by atoms with Gasteiger partial charge in [0, 0.05) is 12.6 Å². The number of nitrogens with zero attached hydrogens (tertiary/aromatic N) is 2. The molecule has 3 N–H and O–H groups in total. The number of amides is 3. The maximum absolute atomic E-state index is 12.1. The molecule has 0 radical (unpaired) electrons. The minimum atomic E-state index is -0.562. The average Bonchev–Trinajstić information content (AvgIpc) is 3.38. The molecule has 9 heteroatoms. The number of furan rings is 1. The number of benzene rings is 1. The molecular formula is C18H17N5O4. The van der Waals surface area contributed by atoms with Crippen molar-refractivity contribution < 1.29 is 18.8 Å². The first kappa shape index (κ1) is 17.9. The molecule has 0 aliphatic rings. The Hall–Kier alpha value is -3.88. The number of hydrogen-bond donors (Lipinski definition) is 3. The van der Waals surface area contributed by atoms with Crippen LogP contribution in [0.3, 0.4) is 0 Å². The fourth-order valence-corrected chi connectivity index (χ4v) is 2.30. The molecule has 27 heavy (non-hydrogen) atoms. The molecule has 3 rings (SSSR count). The minimum absolute atomic E-state index is 0.125. The van der Waals surface area contributed by atoms with Crippen LogP contribution in [0.5, 0.6) is 0 Å². The van der Waals surface area contributed by atoms with Gasteiger partial charge in [0.05, 0.1) is 12.0 Å². The van der Waals surface area contributed by atoms with Gasteiger partial charge in [-0.1, -0.05) is 30.3 Å². The largest absolute Gasteiger partial charge is 0.459 e. The van der Waals surface area contributed by atoms with Gasteiger partial charge in [-0.25, -0.2) is 0 Å². The van der Waals surface area contributed by atoms with E-state index in [4.69, 9.17) is 4.42 Å². The molecule has 0 saturated carbocycles. The fraction of sp³-hybridized carbons (Fsp3) is 0.111. The maximum atomic E-state index is 12.1. The Labute approximate surface area is 154 Å². The van der Waals surface area contributed by atoms with Crippen molar-refractivity contribution in [3.63, 3.8) is 0 Å². The lowest BCUT2D eigenvalue weighted by Gasteiger charge is -2.15. The molecule has 0 unspecified atom stereocenters.